The monoisotopic (exact) mass is 380 g/mol. The van der Waals surface area contributed by atoms with Crippen LogP contribution < -0.4 is 11.2 Å². The third-order valence-corrected chi connectivity index (χ3v) is 5.46. The van der Waals surface area contributed by atoms with Gasteiger partial charge in [-0.15, -0.1) is 0 Å². The normalized spacial score (nSPS) is 17.2. The number of likely N-dealkylation sites (tertiary alicyclic amines) is 1. The Hall–Kier alpha value is -3.09. The number of carbonyl (C=O) groups is 1. The molecule has 4 rings (SSSR count). The number of fused-ring (bicyclic) bond motifs is 1. The molecule has 3 heterocycles. The molecule has 2 aromatic heterocycles. The summed E-state index contributed by atoms with van der Waals surface area (Å²) in [4.78, 5) is 43.3. The third-order valence-electron chi connectivity index (χ3n) is 5.46. The van der Waals surface area contributed by atoms with E-state index < -0.39 is 11.2 Å². The lowest BCUT2D eigenvalue weighted by Crippen LogP contribution is -2.39. The van der Waals surface area contributed by atoms with Crippen molar-refractivity contribution in [1.29, 1.82) is 0 Å². The number of amides is 1. The molecule has 1 N–H and O–H groups in total. The van der Waals surface area contributed by atoms with E-state index in [0.717, 1.165) is 18.4 Å². The lowest BCUT2D eigenvalue weighted by Gasteiger charge is -2.30. The van der Waals surface area contributed by atoms with Gasteiger partial charge in [-0.2, -0.15) is 0 Å². The second kappa shape index (κ2) is 7.14. The van der Waals surface area contributed by atoms with Crippen molar-refractivity contribution in [3.8, 4) is 0 Å². The smallest absolute Gasteiger partial charge is 0.329 e. The van der Waals surface area contributed by atoms with Gasteiger partial charge >= 0.3 is 5.69 Å². The van der Waals surface area contributed by atoms with Gasteiger partial charge in [0.2, 0.25) is 0 Å². The number of aromatic nitrogens is 3. The van der Waals surface area contributed by atoms with Crippen LogP contribution in [0, 0.1) is 5.92 Å². The van der Waals surface area contributed by atoms with Crippen LogP contribution in [0.25, 0.3) is 11.0 Å². The highest BCUT2D eigenvalue weighted by molar-refractivity contribution is 6.05. The summed E-state index contributed by atoms with van der Waals surface area (Å²) < 4.78 is 2.81. The van der Waals surface area contributed by atoms with Gasteiger partial charge in [0, 0.05) is 26.3 Å². The van der Waals surface area contributed by atoms with E-state index in [4.69, 9.17) is 0 Å². The van der Waals surface area contributed by atoms with E-state index in [0.29, 0.717) is 35.6 Å². The summed E-state index contributed by atoms with van der Waals surface area (Å²) in [7, 11) is 1.73. The molecule has 146 valence electrons. The van der Waals surface area contributed by atoms with Crippen molar-refractivity contribution in [2.45, 2.75) is 26.3 Å². The molecule has 1 saturated heterocycles. The molecule has 1 aliphatic rings. The number of aryl methyl sites for hydroxylation is 1. The molecular formula is C21H24N4O3. The van der Waals surface area contributed by atoms with Gasteiger partial charge in [-0.3, -0.25) is 14.2 Å². The lowest BCUT2D eigenvalue weighted by atomic mass is 10.00. The molecule has 0 unspecified atom stereocenters. The zero-order chi connectivity index (χ0) is 19.8. The third kappa shape index (κ3) is 3.17. The summed E-state index contributed by atoms with van der Waals surface area (Å²) in [6.07, 6.45) is 3.73. The summed E-state index contributed by atoms with van der Waals surface area (Å²) in [5.41, 5.74) is 1.01. The molecule has 1 fully saturated rings. The zero-order valence-corrected chi connectivity index (χ0v) is 16.1. The molecule has 1 amide bonds. The number of rotatable bonds is 3. The topological polar surface area (TPSA) is 80.1 Å². The average molecular weight is 380 g/mol. The Morgan fingerprint density at radius 2 is 1.96 bits per heavy atom. The Labute approximate surface area is 162 Å². The maximum absolute atomic E-state index is 13.1. The Bertz CT molecular complexity index is 1140. The van der Waals surface area contributed by atoms with E-state index in [1.165, 1.54) is 4.57 Å². The Balaban J connectivity index is 1.78. The number of nitrogens with zero attached hydrogens (tertiary/aromatic N) is 3. The fraction of sp³-hybridized carbons (Fsp3) is 0.381. The zero-order valence-electron chi connectivity index (χ0n) is 16.1. The predicted octanol–water partition coefficient (Wildman–Crippen LogP) is 1.95. The van der Waals surface area contributed by atoms with Gasteiger partial charge in [0.1, 0.15) is 5.52 Å². The number of piperidine rings is 1. The van der Waals surface area contributed by atoms with Crippen LogP contribution in [0.4, 0.5) is 0 Å². The molecule has 0 bridgehead atoms. The predicted molar refractivity (Wildman–Crippen MR) is 108 cm³/mol. The lowest BCUT2D eigenvalue weighted by molar-refractivity contribution is 0.0684. The quantitative estimate of drug-likeness (QED) is 0.754. The summed E-state index contributed by atoms with van der Waals surface area (Å²) >= 11 is 0. The second-order valence-electron chi connectivity index (χ2n) is 7.68. The maximum Gasteiger partial charge on any atom is 0.329 e. The van der Waals surface area contributed by atoms with Crippen LogP contribution in [-0.2, 0) is 13.6 Å². The highest BCUT2D eigenvalue weighted by atomic mass is 16.2. The Kier molecular flexibility index (Phi) is 4.66. The van der Waals surface area contributed by atoms with Gasteiger partial charge < -0.3 is 14.5 Å². The highest BCUT2D eigenvalue weighted by Gasteiger charge is 2.26. The van der Waals surface area contributed by atoms with Crippen LogP contribution in [0.3, 0.4) is 0 Å². The molecule has 0 saturated carbocycles. The van der Waals surface area contributed by atoms with Crippen molar-refractivity contribution < 1.29 is 4.79 Å². The number of hydrogen-bond donors (Lipinski definition) is 1. The molecule has 1 aliphatic heterocycles. The molecule has 3 aromatic rings. The molecule has 28 heavy (non-hydrogen) atoms. The molecule has 1 atom stereocenters. The van der Waals surface area contributed by atoms with Crippen molar-refractivity contribution in [2.24, 2.45) is 13.0 Å². The Morgan fingerprint density at radius 1 is 1.21 bits per heavy atom. The van der Waals surface area contributed by atoms with Crippen molar-refractivity contribution >= 4 is 16.9 Å². The first-order chi connectivity index (χ1) is 13.5. The molecule has 0 radical (unpaired) electrons. The van der Waals surface area contributed by atoms with Crippen LogP contribution in [0.5, 0.6) is 0 Å². The number of H-pyrrole nitrogens is 1. The molecule has 0 spiro atoms. The van der Waals surface area contributed by atoms with Crippen LogP contribution in [0.2, 0.25) is 0 Å². The highest BCUT2D eigenvalue weighted by Crippen LogP contribution is 2.21. The molecular weight excluding hydrogens is 356 g/mol. The first kappa shape index (κ1) is 18.3. The summed E-state index contributed by atoms with van der Waals surface area (Å²) in [6, 6.07) is 9.36. The molecule has 7 nitrogen and oxygen atoms in total. The van der Waals surface area contributed by atoms with E-state index in [2.05, 4.69) is 11.9 Å². The number of aromatic amines is 1. The van der Waals surface area contributed by atoms with Gasteiger partial charge in [-0.1, -0.05) is 37.3 Å². The van der Waals surface area contributed by atoms with Crippen LogP contribution in [-0.4, -0.2) is 38.0 Å². The van der Waals surface area contributed by atoms with Gasteiger partial charge in [-0.05, 0) is 24.3 Å². The largest absolute Gasteiger partial charge is 0.344 e. The van der Waals surface area contributed by atoms with Gasteiger partial charge in [-0.25, -0.2) is 4.79 Å². The number of benzene rings is 1. The van der Waals surface area contributed by atoms with Crippen molar-refractivity contribution in [2.75, 3.05) is 13.1 Å². The molecule has 0 aliphatic carbocycles. The first-order valence-corrected chi connectivity index (χ1v) is 9.61. The molecule has 1 aromatic carbocycles. The number of nitrogens with one attached hydrogen (secondary N) is 1. The fourth-order valence-corrected chi connectivity index (χ4v) is 4.02. The second-order valence-corrected chi connectivity index (χ2v) is 7.68. The summed E-state index contributed by atoms with van der Waals surface area (Å²) in [5, 5.41) is 0. The van der Waals surface area contributed by atoms with Gasteiger partial charge in [0.05, 0.1) is 17.6 Å². The first-order valence-electron chi connectivity index (χ1n) is 9.61. The fourth-order valence-electron chi connectivity index (χ4n) is 4.02. The van der Waals surface area contributed by atoms with Crippen molar-refractivity contribution in [3.63, 3.8) is 0 Å². The van der Waals surface area contributed by atoms with E-state index in [1.54, 1.807) is 17.8 Å². The summed E-state index contributed by atoms with van der Waals surface area (Å²) in [5.74, 6) is 0.322. The van der Waals surface area contributed by atoms with Crippen LogP contribution >= 0.6 is 0 Å². The maximum atomic E-state index is 13.1. The van der Waals surface area contributed by atoms with E-state index in [1.807, 2.05) is 35.2 Å². The van der Waals surface area contributed by atoms with Crippen LogP contribution in [0.1, 0.15) is 35.7 Å². The van der Waals surface area contributed by atoms with Crippen LogP contribution in [0.15, 0.2) is 46.1 Å². The van der Waals surface area contributed by atoms with Crippen molar-refractivity contribution in [3.05, 3.63) is 68.5 Å². The average Bonchev–Trinajstić information content (AvgIpc) is 3.01. The molecule has 7 heteroatoms. The number of hydrogen-bond acceptors (Lipinski definition) is 3. The van der Waals surface area contributed by atoms with Gasteiger partial charge in [0.25, 0.3) is 11.5 Å². The van der Waals surface area contributed by atoms with Gasteiger partial charge in [0.15, 0.2) is 0 Å². The SMILES string of the molecule is C[C@H]1CCCN(C(=O)c2cn(C)c3c(=O)n(Cc4ccccc4)c(=O)[nH]c23)C1. The minimum absolute atomic E-state index is 0.131. The van der Waals surface area contributed by atoms with E-state index in [9.17, 15) is 14.4 Å². The minimum atomic E-state index is -0.506. The van der Waals surface area contributed by atoms with Crippen molar-refractivity contribution in [1.82, 2.24) is 19.0 Å². The standard InChI is InChI=1S/C21H24N4O3/c1-14-7-6-10-24(11-14)19(26)16-13-23(2)18-17(16)22-21(28)25(20(18)27)12-15-8-4-3-5-9-15/h3-5,8-9,13-14H,6-7,10-12H2,1-2H3,(H,22,28)/t14-/m0/s1. The Morgan fingerprint density at radius 3 is 2.68 bits per heavy atom. The minimum Gasteiger partial charge on any atom is -0.344 e. The summed E-state index contributed by atoms with van der Waals surface area (Å²) in [6.45, 7) is 3.72. The number of carbonyl (C=O) groups excluding carboxylic acids is 1. The van der Waals surface area contributed by atoms with E-state index in [-0.39, 0.29) is 12.5 Å². The van der Waals surface area contributed by atoms with E-state index >= 15 is 0 Å².